The van der Waals surface area contributed by atoms with Gasteiger partial charge in [-0.2, -0.15) is 0 Å². The van der Waals surface area contributed by atoms with Gasteiger partial charge in [-0.25, -0.2) is 0 Å². The molecule has 2 aliphatic carbocycles. The van der Waals surface area contributed by atoms with Gasteiger partial charge in [0.2, 0.25) is 5.91 Å². The van der Waals surface area contributed by atoms with Gasteiger partial charge in [0.25, 0.3) is 5.91 Å². The lowest BCUT2D eigenvalue weighted by Gasteiger charge is -2.51. The molecular formula is C22H28N2O4. The molecule has 1 aromatic rings. The number of carbonyl (C=O) groups is 2. The summed E-state index contributed by atoms with van der Waals surface area (Å²) < 4.78 is 5.34. The van der Waals surface area contributed by atoms with Crippen molar-refractivity contribution in [3.8, 4) is 11.5 Å². The lowest BCUT2D eigenvalue weighted by Crippen LogP contribution is -2.65. The summed E-state index contributed by atoms with van der Waals surface area (Å²) in [5.74, 6) is 1.65. The minimum atomic E-state index is -0.0106. The average Bonchev–Trinajstić information content (AvgIpc) is 3.62. The Morgan fingerprint density at radius 3 is 2.29 bits per heavy atom. The Bertz CT molecular complexity index is 815. The lowest BCUT2D eigenvalue weighted by molar-refractivity contribution is -0.141. The van der Waals surface area contributed by atoms with E-state index in [4.69, 9.17) is 4.74 Å². The lowest BCUT2D eigenvalue weighted by atomic mass is 9.89. The van der Waals surface area contributed by atoms with Crippen molar-refractivity contribution in [3.05, 3.63) is 23.3 Å². The van der Waals surface area contributed by atoms with Crippen molar-refractivity contribution >= 4 is 11.8 Å². The van der Waals surface area contributed by atoms with E-state index < -0.39 is 0 Å². The molecule has 5 fully saturated rings. The highest BCUT2D eigenvalue weighted by Gasteiger charge is 2.46. The molecule has 0 radical (unpaired) electrons. The zero-order chi connectivity index (χ0) is 19.4. The van der Waals surface area contributed by atoms with Gasteiger partial charge in [0.1, 0.15) is 0 Å². The van der Waals surface area contributed by atoms with E-state index in [9.17, 15) is 14.7 Å². The molecule has 2 bridgehead atoms. The van der Waals surface area contributed by atoms with Gasteiger partial charge in [-0.15, -0.1) is 0 Å². The second kappa shape index (κ2) is 6.68. The van der Waals surface area contributed by atoms with Gasteiger partial charge in [-0.05, 0) is 68.6 Å². The molecule has 1 N–H and O–H groups in total. The van der Waals surface area contributed by atoms with E-state index in [2.05, 4.69) is 0 Å². The number of amides is 2. The van der Waals surface area contributed by atoms with Crippen molar-refractivity contribution in [2.45, 2.75) is 57.0 Å². The fourth-order valence-corrected chi connectivity index (χ4v) is 4.81. The monoisotopic (exact) mass is 384 g/mol. The molecule has 0 aromatic heterocycles. The first kappa shape index (κ1) is 17.8. The maximum atomic E-state index is 13.3. The summed E-state index contributed by atoms with van der Waals surface area (Å²) in [4.78, 5) is 29.9. The van der Waals surface area contributed by atoms with E-state index in [1.807, 2.05) is 15.9 Å². The zero-order valence-corrected chi connectivity index (χ0v) is 16.4. The largest absolute Gasteiger partial charge is 0.504 e. The molecule has 2 amide bonds. The first-order chi connectivity index (χ1) is 13.5. The molecule has 2 unspecified atom stereocenters. The van der Waals surface area contributed by atoms with Gasteiger partial charge >= 0.3 is 0 Å². The smallest absolute Gasteiger partial charge is 0.254 e. The minimum Gasteiger partial charge on any atom is -0.504 e. The van der Waals surface area contributed by atoms with E-state index in [0.717, 1.165) is 37.7 Å². The molecule has 6 rings (SSSR count). The molecule has 150 valence electrons. The summed E-state index contributed by atoms with van der Waals surface area (Å²) >= 11 is 0. The van der Waals surface area contributed by atoms with Crippen LogP contribution in [-0.2, 0) is 11.2 Å². The van der Waals surface area contributed by atoms with Crippen LogP contribution in [0.2, 0.25) is 0 Å². The van der Waals surface area contributed by atoms with Gasteiger partial charge in [-0.3, -0.25) is 9.59 Å². The van der Waals surface area contributed by atoms with E-state index in [1.165, 1.54) is 20.0 Å². The maximum absolute atomic E-state index is 13.3. The predicted molar refractivity (Wildman–Crippen MR) is 103 cm³/mol. The molecule has 6 heteroatoms. The van der Waals surface area contributed by atoms with Crippen LogP contribution in [-0.4, -0.2) is 59.0 Å². The highest BCUT2D eigenvalue weighted by molar-refractivity contribution is 5.96. The molecule has 3 saturated heterocycles. The second-order valence-corrected chi connectivity index (χ2v) is 8.94. The molecule has 3 aliphatic heterocycles. The maximum Gasteiger partial charge on any atom is 0.254 e. The van der Waals surface area contributed by atoms with Crippen molar-refractivity contribution in [1.82, 2.24) is 9.80 Å². The number of aromatic hydroxyl groups is 1. The number of fused-ring (bicyclic) bond motifs is 3. The van der Waals surface area contributed by atoms with Crippen LogP contribution < -0.4 is 4.74 Å². The van der Waals surface area contributed by atoms with Gasteiger partial charge in [-0.1, -0.05) is 0 Å². The van der Waals surface area contributed by atoms with Crippen LogP contribution >= 0.6 is 0 Å². The minimum absolute atomic E-state index is 0.0106. The summed E-state index contributed by atoms with van der Waals surface area (Å²) in [6, 6.07) is 3.73. The molecule has 2 atom stereocenters. The Morgan fingerprint density at radius 1 is 1.04 bits per heavy atom. The molecule has 3 heterocycles. The van der Waals surface area contributed by atoms with Crippen molar-refractivity contribution in [2.75, 3.05) is 20.2 Å². The van der Waals surface area contributed by atoms with Crippen LogP contribution in [0.3, 0.4) is 0 Å². The molecular weight excluding hydrogens is 356 g/mol. The van der Waals surface area contributed by atoms with Gasteiger partial charge < -0.3 is 19.6 Å². The standard InChI is InChI=1S/C22H28N2O4/c1-28-19-10-16(9-15(20(19)25)8-13-2-3-13)22(27)24-12-17-6-7-18(24)11-23(17)21(26)14-4-5-14/h9-10,13-14,17-18,25H,2-8,11-12H2,1H3. The third-order valence-electron chi connectivity index (χ3n) is 6.83. The number of methoxy groups -OCH3 is 1. The highest BCUT2D eigenvalue weighted by Crippen LogP contribution is 2.40. The Morgan fingerprint density at radius 2 is 1.71 bits per heavy atom. The highest BCUT2D eigenvalue weighted by atomic mass is 16.5. The summed E-state index contributed by atoms with van der Waals surface area (Å²) in [6.45, 7) is 1.28. The number of benzene rings is 1. The molecule has 0 spiro atoms. The van der Waals surface area contributed by atoms with Gasteiger partial charge in [0.05, 0.1) is 7.11 Å². The number of rotatable bonds is 5. The summed E-state index contributed by atoms with van der Waals surface area (Å²) in [5.41, 5.74) is 1.39. The first-order valence-corrected chi connectivity index (χ1v) is 10.6. The van der Waals surface area contributed by atoms with Crippen LogP contribution in [0, 0.1) is 11.8 Å². The Labute approximate surface area is 165 Å². The van der Waals surface area contributed by atoms with Crippen LogP contribution in [0.15, 0.2) is 12.1 Å². The number of hydrogen-bond acceptors (Lipinski definition) is 4. The van der Waals surface area contributed by atoms with Crippen LogP contribution in [0.5, 0.6) is 11.5 Å². The van der Waals surface area contributed by atoms with Crippen LogP contribution in [0.4, 0.5) is 0 Å². The molecule has 1 aromatic carbocycles. The Kier molecular flexibility index (Phi) is 4.25. The number of hydrogen-bond donors (Lipinski definition) is 1. The predicted octanol–water partition coefficient (Wildman–Crippen LogP) is 2.58. The van der Waals surface area contributed by atoms with Crippen LogP contribution in [0.25, 0.3) is 0 Å². The molecule has 6 nitrogen and oxygen atoms in total. The Hall–Kier alpha value is -2.24. The van der Waals surface area contributed by atoms with Crippen molar-refractivity contribution in [2.24, 2.45) is 11.8 Å². The number of ether oxygens (including phenoxy) is 1. The zero-order valence-electron chi connectivity index (χ0n) is 16.4. The normalized spacial score (nSPS) is 26.5. The SMILES string of the molecule is COc1cc(C(=O)N2CC3CCC2CN3C(=O)C2CC2)cc(CC2CC2)c1O. The third kappa shape index (κ3) is 3.12. The average molecular weight is 384 g/mol. The van der Waals surface area contributed by atoms with Crippen molar-refractivity contribution < 1.29 is 19.4 Å². The summed E-state index contributed by atoms with van der Waals surface area (Å²) in [6.07, 6.45) is 7.13. The van der Waals surface area contributed by atoms with E-state index in [0.29, 0.717) is 36.2 Å². The first-order valence-electron chi connectivity index (χ1n) is 10.6. The molecule has 5 aliphatic rings. The number of carbonyl (C=O) groups excluding carboxylic acids is 2. The summed E-state index contributed by atoms with van der Waals surface area (Å²) in [7, 11) is 1.52. The van der Waals surface area contributed by atoms with Crippen LogP contribution in [0.1, 0.15) is 54.4 Å². The Balaban J connectivity index is 1.37. The van der Waals surface area contributed by atoms with Gasteiger partial charge in [0, 0.05) is 36.7 Å². The summed E-state index contributed by atoms with van der Waals surface area (Å²) in [5, 5.41) is 10.4. The van der Waals surface area contributed by atoms with Gasteiger partial charge in [0.15, 0.2) is 11.5 Å². The second-order valence-electron chi connectivity index (χ2n) is 8.94. The van der Waals surface area contributed by atoms with E-state index in [1.54, 1.807) is 6.07 Å². The number of nitrogens with zero attached hydrogens (tertiary/aromatic N) is 2. The van der Waals surface area contributed by atoms with Crippen molar-refractivity contribution in [3.63, 3.8) is 0 Å². The topological polar surface area (TPSA) is 70.1 Å². The number of phenols is 1. The molecule has 28 heavy (non-hydrogen) atoms. The quantitative estimate of drug-likeness (QED) is 0.847. The molecule has 2 saturated carbocycles. The number of phenolic OH excluding ortho intramolecular Hbond substituents is 1. The third-order valence-corrected chi connectivity index (χ3v) is 6.83. The number of piperidine rings is 2. The van der Waals surface area contributed by atoms with Crippen molar-refractivity contribution in [1.29, 1.82) is 0 Å². The van der Waals surface area contributed by atoms with E-state index >= 15 is 0 Å². The van der Waals surface area contributed by atoms with E-state index in [-0.39, 0.29) is 29.7 Å². The fraction of sp³-hybridized carbons (Fsp3) is 0.636. The fourth-order valence-electron chi connectivity index (χ4n) is 4.81. The number of piperazine rings is 1.